The molecule has 1 aliphatic rings. The third-order valence-corrected chi connectivity index (χ3v) is 6.20. The molecular formula is C20H24N8OS. The highest BCUT2D eigenvalue weighted by molar-refractivity contribution is 7.10. The van der Waals surface area contributed by atoms with Gasteiger partial charge in [0, 0.05) is 37.7 Å². The molecule has 9 nitrogen and oxygen atoms in total. The zero-order valence-electron chi connectivity index (χ0n) is 16.7. The van der Waals surface area contributed by atoms with Crippen LogP contribution in [0.25, 0.3) is 16.9 Å². The number of imidazole rings is 1. The first kappa shape index (κ1) is 19.2. The Kier molecular flexibility index (Phi) is 5.19. The number of aliphatic hydroxyl groups excluding tert-OH is 1. The number of H-pyrrole nitrogens is 1. The molecule has 1 atom stereocenters. The highest BCUT2D eigenvalue weighted by atomic mass is 32.1. The van der Waals surface area contributed by atoms with Crippen molar-refractivity contribution >= 4 is 28.0 Å². The van der Waals surface area contributed by atoms with Crippen LogP contribution in [-0.2, 0) is 6.54 Å². The van der Waals surface area contributed by atoms with E-state index in [4.69, 9.17) is 0 Å². The summed E-state index contributed by atoms with van der Waals surface area (Å²) in [6.45, 7) is 5.03. The van der Waals surface area contributed by atoms with Gasteiger partial charge in [-0.05, 0) is 49.8 Å². The van der Waals surface area contributed by atoms with Crippen molar-refractivity contribution in [1.29, 1.82) is 0 Å². The van der Waals surface area contributed by atoms with Crippen LogP contribution >= 0.6 is 11.5 Å². The maximum absolute atomic E-state index is 9.44. The second-order valence-electron chi connectivity index (χ2n) is 7.79. The van der Waals surface area contributed by atoms with Crippen molar-refractivity contribution in [3.8, 4) is 11.3 Å². The Morgan fingerprint density at radius 1 is 1.37 bits per heavy atom. The number of nitrogens with zero attached hydrogens (tertiary/aromatic N) is 6. The predicted octanol–water partition coefficient (Wildman–Crippen LogP) is 2.83. The summed E-state index contributed by atoms with van der Waals surface area (Å²) in [7, 11) is 0. The van der Waals surface area contributed by atoms with Gasteiger partial charge in [0.1, 0.15) is 5.00 Å². The molecule has 0 aliphatic carbocycles. The van der Waals surface area contributed by atoms with Crippen LogP contribution in [0.1, 0.15) is 24.2 Å². The number of hydrogen-bond donors (Lipinski definition) is 3. The van der Waals surface area contributed by atoms with Crippen LogP contribution < -0.4 is 5.32 Å². The normalized spacial score (nSPS) is 17.6. The molecule has 1 saturated heterocycles. The van der Waals surface area contributed by atoms with Gasteiger partial charge in [0.25, 0.3) is 0 Å². The van der Waals surface area contributed by atoms with E-state index in [9.17, 15) is 5.11 Å². The fourth-order valence-electron chi connectivity index (χ4n) is 4.03. The number of nitrogens with one attached hydrogen (secondary N) is 2. The molecule has 0 saturated carbocycles. The highest BCUT2D eigenvalue weighted by Gasteiger charge is 2.20. The van der Waals surface area contributed by atoms with Crippen LogP contribution in [0.4, 0.5) is 10.8 Å². The molecule has 3 N–H and O–H groups in total. The van der Waals surface area contributed by atoms with Gasteiger partial charge in [0.15, 0.2) is 11.5 Å². The molecule has 4 aromatic heterocycles. The van der Waals surface area contributed by atoms with Gasteiger partial charge in [0.05, 0.1) is 29.5 Å². The minimum Gasteiger partial charge on any atom is -0.396 e. The van der Waals surface area contributed by atoms with Gasteiger partial charge in [-0.1, -0.05) is 0 Å². The first-order valence-electron chi connectivity index (χ1n) is 10.1. The summed E-state index contributed by atoms with van der Waals surface area (Å²) in [5.41, 5.74) is 4.62. The average Bonchev–Trinajstić information content (AvgIpc) is 3.49. The summed E-state index contributed by atoms with van der Waals surface area (Å²) in [5, 5.41) is 20.7. The topological polar surface area (TPSA) is 107 Å². The molecule has 10 heteroatoms. The number of aromatic amines is 1. The molecular weight excluding hydrogens is 400 g/mol. The van der Waals surface area contributed by atoms with Crippen molar-refractivity contribution in [3.63, 3.8) is 0 Å². The third-order valence-electron chi connectivity index (χ3n) is 5.45. The summed E-state index contributed by atoms with van der Waals surface area (Å²) in [5.74, 6) is 1.09. The second kappa shape index (κ2) is 8.13. The van der Waals surface area contributed by atoms with Gasteiger partial charge in [-0.15, -0.1) is 0 Å². The summed E-state index contributed by atoms with van der Waals surface area (Å²) in [6, 6.07) is 2.08. The molecule has 4 aromatic rings. The smallest absolute Gasteiger partial charge is 0.180 e. The molecule has 0 radical (unpaired) electrons. The Morgan fingerprint density at radius 2 is 2.30 bits per heavy atom. The van der Waals surface area contributed by atoms with Crippen molar-refractivity contribution in [1.82, 2.24) is 33.8 Å². The number of aryl methyl sites for hydroxylation is 1. The number of fused-ring (bicyclic) bond motifs is 1. The number of likely N-dealkylation sites (tertiary alicyclic amines) is 1. The summed E-state index contributed by atoms with van der Waals surface area (Å²) < 4.78 is 6.64. The van der Waals surface area contributed by atoms with Crippen molar-refractivity contribution in [2.24, 2.45) is 5.92 Å². The molecule has 156 valence electrons. The van der Waals surface area contributed by atoms with Gasteiger partial charge in [-0.2, -0.15) is 9.47 Å². The van der Waals surface area contributed by atoms with Gasteiger partial charge in [-0.3, -0.25) is 14.4 Å². The number of anilines is 2. The van der Waals surface area contributed by atoms with E-state index in [1.807, 2.05) is 29.9 Å². The molecule has 0 aromatic carbocycles. The number of aromatic nitrogens is 6. The van der Waals surface area contributed by atoms with E-state index in [1.165, 1.54) is 11.5 Å². The zero-order chi connectivity index (χ0) is 20.5. The number of piperidine rings is 1. The third kappa shape index (κ3) is 3.81. The largest absolute Gasteiger partial charge is 0.396 e. The SMILES string of the molecule is Cc1cn2c(-c3cn[nH]c3)cnc2c(Nc2cc(CN3CCCC(CO)C3)ns2)n1. The van der Waals surface area contributed by atoms with E-state index in [0.717, 1.165) is 65.8 Å². The van der Waals surface area contributed by atoms with E-state index < -0.39 is 0 Å². The lowest BCUT2D eigenvalue weighted by Gasteiger charge is -2.31. The molecule has 30 heavy (non-hydrogen) atoms. The van der Waals surface area contributed by atoms with E-state index in [0.29, 0.717) is 11.7 Å². The standard InChI is InChI=1S/C20H24N8OS/c1-13-9-28-17(15-6-22-23-7-15)8-21-20(28)19(24-13)25-18-5-16(26-30-18)11-27-4-2-3-14(10-27)12-29/h5-9,14,29H,2-4,10-12H2,1H3,(H,22,23)(H,24,25). The van der Waals surface area contributed by atoms with Crippen LogP contribution in [0.3, 0.4) is 0 Å². The van der Waals surface area contributed by atoms with Crippen LogP contribution in [0.5, 0.6) is 0 Å². The number of aliphatic hydroxyl groups is 1. The Labute approximate surface area is 178 Å². The quantitative estimate of drug-likeness (QED) is 0.437. The minimum absolute atomic E-state index is 0.264. The van der Waals surface area contributed by atoms with E-state index in [1.54, 1.807) is 6.20 Å². The van der Waals surface area contributed by atoms with Crippen molar-refractivity contribution in [2.45, 2.75) is 26.3 Å². The predicted molar refractivity (Wildman–Crippen MR) is 116 cm³/mol. The van der Waals surface area contributed by atoms with Crippen LogP contribution in [0.2, 0.25) is 0 Å². The molecule has 1 unspecified atom stereocenters. The molecule has 5 rings (SSSR count). The lowest BCUT2D eigenvalue weighted by Crippen LogP contribution is -2.36. The monoisotopic (exact) mass is 424 g/mol. The molecule has 0 amide bonds. The summed E-state index contributed by atoms with van der Waals surface area (Å²) in [4.78, 5) is 11.6. The van der Waals surface area contributed by atoms with Crippen LogP contribution in [0, 0.1) is 12.8 Å². The first-order valence-corrected chi connectivity index (χ1v) is 10.9. The fraction of sp³-hybridized carbons (Fsp3) is 0.400. The average molecular weight is 425 g/mol. The van der Waals surface area contributed by atoms with Gasteiger partial charge in [-0.25, -0.2) is 9.97 Å². The second-order valence-corrected chi connectivity index (χ2v) is 8.59. The van der Waals surface area contributed by atoms with Crippen molar-refractivity contribution < 1.29 is 5.11 Å². The summed E-state index contributed by atoms with van der Waals surface area (Å²) >= 11 is 1.43. The molecule has 0 bridgehead atoms. The Morgan fingerprint density at radius 3 is 3.13 bits per heavy atom. The zero-order valence-corrected chi connectivity index (χ0v) is 17.6. The lowest BCUT2D eigenvalue weighted by atomic mass is 9.99. The molecule has 1 fully saturated rings. The maximum atomic E-state index is 9.44. The summed E-state index contributed by atoms with van der Waals surface area (Å²) in [6.07, 6.45) is 9.68. The maximum Gasteiger partial charge on any atom is 0.180 e. The van der Waals surface area contributed by atoms with Gasteiger partial charge < -0.3 is 10.4 Å². The van der Waals surface area contributed by atoms with Gasteiger partial charge in [0.2, 0.25) is 0 Å². The Bertz CT molecular complexity index is 1140. The van der Waals surface area contributed by atoms with Crippen LogP contribution in [0.15, 0.2) is 30.9 Å². The Hall–Kier alpha value is -2.82. The molecule has 1 aliphatic heterocycles. The van der Waals surface area contributed by atoms with Crippen molar-refractivity contribution in [2.75, 3.05) is 25.0 Å². The van der Waals surface area contributed by atoms with E-state index in [2.05, 4.69) is 40.8 Å². The highest BCUT2D eigenvalue weighted by Crippen LogP contribution is 2.28. The van der Waals surface area contributed by atoms with Gasteiger partial charge >= 0.3 is 0 Å². The lowest BCUT2D eigenvalue weighted by molar-refractivity contribution is 0.115. The number of rotatable bonds is 6. The number of hydrogen-bond acceptors (Lipinski definition) is 8. The fourth-order valence-corrected chi connectivity index (χ4v) is 4.69. The van der Waals surface area contributed by atoms with Crippen LogP contribution in [-0.4, -0.2) is 58.6 Å². The van der Waals surface area contributed by atoms with Crippen molar-refractivity contribution in [3.05, 3.63) is 42.2 Å². The van der Waals surface area contributed by atoms with E-state index >= 15 is 0 Å². The minimum atomic E-state index is 0.264. The first-order chi connectivity index (χ1) is 14.7. The molecule has 0 spiro atoms. The Balaban J connectivity index is 1.36. The van der Waals surface area contributed by atoms with E-state index in [-0.39, 0.29) is 6.61 Å². The molecule has 5 heterocycles.